The summed E-state index contributed by atoms with van der Waals surface area (Å²) in [6.45, 7) is 0. The molecule has 2 aromatic heterocycles. The first-order valence-electron chi connectivity index (χ1n) is 3.50. The third-order valence-electron chi connectivity index (χ3n) is 1.56. The minimum Gasteiger partial charge on any atom is -0.343 e. The Labute approximate surface area is 87.2 Å². The molecular weight excluding hydrogens is 250 g/mol. The number of imidazole rings is 1. The standard InChI is InChI=1S/C8H4BrN3S/c9-7-2-1-6(13-7)8-5(3-10)11-4-12-8/h1-2,4H,(H,11,12). The van der Waals surface area contributed by atoms with Crippen LogP contribution in [-0.2, 0) is 0 Å². The second kappa shape index (κ2) is 3.32. The van der Waals surface area contributed by atoms with E-state index in [4.69, 9.17) is 5.26 Å². The van der Waals surface area contributed by atoms with Gasteiger partial charge in [-0.05, 0) is 28.1 Å². The van der Waals surface area contributed by atoms with Crippen LogP contribution >= 0.6 is 27.3 Å². The number of rotatable bonds is 1. The van der Waals surface area contributed by atoms with Gasteiger partial charge in [-0.3, -0.25) is 0 Å². The van der Waals surface area contributed by atoms with Gasteiger partial charge in [-0.25, -0.2) is 4.98 Å². The summed E-state index contributed by atoms with van der Waals surface area (Å²) in [4.78, 5) is 7.85. The van der Waals surface area contributed by atoms with Crippen LogP contribution in [0.2, 0.25) is 0 Å². The lowest BCUT2D eigenvalue weighted by Crippen LogP contribution is -1.77. The van der Waals surface area contributed by atoms with Crippen molar-refractivity contribution in [3.63, 3.8) is 0 Å². The van der Waals surface area contributed by atoms with Crippen molar-refractivity contribution in [2.24, 2.45) is 0 Å². The number of thiophene rings is 1. The minimum atomic E-state index is 0.439. The number of aromatic nitrogens is 2. The molecule has 0 radical (unpaired) electrons. The number of hydrogen-bond acceptors (Lipinski definition) is 3. The molecule has 0 aliphatic carbocycles. The van der Waals surface area contributed by atoms with E-state index in [2.05, 4.69) is 25.9 Å². The zero-order valence-electron chi connectivity index (χ0n) is 6.41. The van der Waals surface area contributed by atoms with Gasteiger partial charge in [0.2, 0.25) is 0 Å². The van der Waals surface area contributed by atoms with Crippen LogP contribution in [0, 0.1) is 11.3 Å². The first kappa shape index (κ1) is 8.48. The molecule has 5 heteroatoms. The van der Waals surface area contributed by atoms with Crippen LogP contribution in [0.1, 0.15) is 5.69 Å². The average molecular weight is 254 g/mol. The fourth-order valence-electron chi connectivity index (χ4n) is 1.02. The molecule has 2 rings (SSSR count). The monoisotopic (exact) mass is 253 g/mol. The summed E-state index contributed by atoms with van der Waals surface area (Å²) in [5.74, 6) is 0. The quantitative estimate of drug-likeness (QED) is 0.850. The number of aromatic amines is 1. The summed E-state index contributed by atoms with van der Waals surface area (Å²) in [5.41, 5.74) is 1.23. The van der Waals surface area contributed by atoms with Gasteiger partial charge in [-0.2, -0.15) is 5.26 Å². The Morgan fingerprint density at radius 1 is 1.54 bits per heavy atom. The second-order valence-electron chi connectivity index (χ2n) is 2.34. The van der Waals surface area contributed by atoms with E-state index in [0.717, 1.165) is 14.4 Å². The van der Waals surface area contributed by atoms with Crippen molar-refractivity contribution < 1.29 is 0 Å². The van der Waals surface area contributed by atoms with E-state index < -0.39 is 0 Å². The fourth-order valence-corrected chi connectivity index (χ4v) is 2.41. The average Bonchev–Trinajstić information content (AvgIpc) is 2.71. The van der Waals surface area contributed by atoms with E-state index in [1.807, 2.05) is 18.2 Å². The van der Waals surface area contributed by atoms with Gasteiger partial charge in [-0.15, -0.1) is 11.3 Å². The van der Waals surface area contributed by atoms with Gasteiger partial charge in [0.1, 0.15) is 6.07 Å². The molecule has 0 saturated heterocycles. The summed E-state index contributed by atoms with van der Waals surface area (Å²) in [7, 11) is 0. The highest BCUT2D eigenvalue weighted by atomic mass is 79.9. The molecule has 2 aromatic rings. The van der Waals surface area contributed by atoms with Crippen LogP contribution in [0.15, 0.2) is 22.2 Å². The lowest BCUT2D eigenvalue weighted by atomic mass is 10.3. The first-order valence-corrected chi connectivity index (χ1v) is 5.11. The molecule has 13 heavy (non-hydrogen) atoms. The van der Waals surface area contributed by atoms with Crippen molar-refractivity contribution in [1.29, 1.82) is 5.26 Å². The summed E-state index contributed by atoms with van der Waals surface area (Å²) in [5, 5.41) is 8.74. The van der Waals surface area contributed by atoms with Crippen LogP contribution in [-0.4, -0.2) is 9.97 Å². The molecule has 0 atom stereocenters. The number of H-pyrrole nitrogens is 1. The van der Waals surface area contributed by atoms with Crippen molar-refractivity contribution in [2.45, 2.75) is 0 Å². The molecule has 0 spiro atoms. The largest absolute Gasteiger partial charge is 0.343 e. The van der Waals surface area contributed by atoms with Gasteiger partial charge in [0, 0.05) is 0 Å². The third kappa shape index (κ3) is 1.50. The van der Waals surface area contributed by atoms with Gasteiger partial charge in [0.25, 0.3) is 0 Å². The lowest BCUT2D eigenvalue weighted by molar-refractivity contribution is 1.29. The smallest absolute Gasteiger partial charge is 0.167 e. The van der Waals surface area contributed by atoms with E-state index in [0.29, 0.717) is 5.69 Å². The van der Waals surface area contributed by atoms with Crippen LogP contribution in [0.4, 0.5) is 0 Å². The molecule has 0 saturated carbocycles. The Morgan fingerprint density at radius 2 is 2.38 bits per heavy atom. The molecule has 0 aliphatic heterocycles. The predicted octanol–water partition coefficient (Wildman–Crippen LogP) is 2.77. The normalized spacial score (nSPS) is 9.85. The molecule has 0 amide bonds. The van der Waals surface area contributed by atoms with Crippen molar-refractivity contribution in [1.82, 2.24) is 9.97 Å². The molecule has 2 heterocycles. The molecule has 0 aliphatic rings. The van der Waals surface area contributed by atoms with E-state index >= 15 is 0 Å². The van der Waals surface area contributed by atoms with Crippen LogP contribution in [0.3, 0.4) is 0 Å². The number of nitrogens with zero attached hydrogens (tertiary/aromatic N) is 2. The number of nitrogens with one attached hydrogen (secondary N) is 1. The number of halogens is 1. The van der Waals surface area contributed by atoms with Crippen LogP contribution in [0.25, 0.3) is 10.6 Å². The first-order chi connectivity index (χ1) is 6.31. The van der Waals surface area contributed by atoms with E-state index in [-0.39, 0.29) is 0 Å². The Morgan fingerprint density at radius 3 is 3.00 bits per heavy atom. The van der Waals surface area contributed by atoms with E-state index in [9.17, 15) is 0 Å². The lowest BCUT2D eigenvalue weighted by Gasteiger charge is -1.89. The molecular formula is C8H4BrN3S. The zero-order valence-corrected chi connectivity index (χ0v) is 8.82. The van der Waals surface area contributed by atoms with Crippen molar-refractivity contribution in [2.75, 3.05) is 0 Å². The van der Waals surface area contributed by atoms with Crippen LogP contribution in [0.5, 0.6) is 0 Å². The SMILES string of the molecule is N#Cc1nc[nH]c1-c1ccc(Br)s1. The van der Waals surface area contributed by atoms with Gasteiger partial charge in [0.05, 0.1) is 20.7 Å². The minimum absolute atomic E-state index is 0.439. The summed E-state index contributed by atoms with van der Waals surface area (Å²) >= 11 is 4.93. The third-order valence-corrected chi connectivity index (χ3v) is 3.21. The molecule has 1 N–H and O–H groups in total. The molecule has 0 unspecified atom stereocenters. The molecule has 0 fully saturated rings. The van der Waals surface area contributed by atoms with E-state index in [1.54, 1.807) is 11.3 Å². The molecule has 3 nitrogen and oxygen atoms in total. The predicted molar refractivity (Wildman–Crippen MR) is 54.3 cm³/mol. The van der Waals surface area contributed by atoms with Crippen molar-refractivity contribution >= 4 is 27.3 Å². The highest BCUT2D eigenvalue weighted by molar-refractivity contribution is 9.11. The highest BCUT2D eigenvalue weighted by Crippen LogP contribution is 2.31. The van der Waals surface area contributed by atoms with Crippen molar-refractivity contribution in [3.05, 3.63) is 27.9 Å². The molecule has 64 valence electrons. The second-order valence-corrected chi connectivity index (χ2v) is 4.80. The summed E-state index contributed by atoms with van der Waals surface area (Å²) < 4.78 is 1.04. The number of nitriles is 1. The van der Waals surface area contributed by atoms with Gasteiger partial charge >= 0.3 is 0 Å². The molecule has 0 aromatic carbocycles. The summed E-state index contributed by atoms with van der Waals surface area (Å²) in [6, 6.07) is 5.93. The topological polar surface area (TPSA) is 52.5 Å². The van der Waals surface area contributed by atoms with E-state index in [1.165, 1.54) is 6.33 Å². The summed E-state index contributed by atoms with van der Waals surface area (Å²) in [6.07, 6.45) is 1.53. The van der Waals surface area contributed by atoms with Crippen molar-refractivity contribution in [3.8, 4) is 16.6 Å². The molecule has 0 bridgehead atoms. The Hall–Kier alpha value is -1.12. The number of hydrogen-bond donors (Lipinski definition) is 1. The Bertz CT molecular complexity index is 466. The zero-order chi connectivity index (χ0) is 9.26. The Balaban J connectivity index is 2.53. The van der Waals surface area contributed by atoms with Gasteiger partial charge < -0.3 is 4.98 Å². The maximum absolute atomic E-state index is 8.74. The highest BCUT2D eigenvalue weighted by Gasteiger charge is 2.08. The fraction of sp³-hybridized carbons (Fsp3) is 0. The van der Waals surface area contributed by atoms with Gasteiger partial charge in [0.15, 0.2) is 5.69 Å². The van der Waals surface area contributed by atoms with Crippen LogP contribution < -0.4 is 0 Å². The Kier molecular flexibility index (Phi) is 2.17. The van der Waals surface area contributed by atoms with Gasteiger partial charge in [-0.1, -0.05) is 0 Å². The maximum atomic E-state index is 8.74. The maximum Gasteiger partial charge on any atom is 0.167 e.